The smallest absolute Gasteiger partial charge is 0.242 e. The van der Waals surface area contributed by atoms with Crippen LogP contribution in [0.15, 0.2) is 16.5 Å². The van der Waals surface area contributed by atoms with Gasteiger partial charge in [0.15, 0.2) is 0 Å². The highest BCUT2D eigenvalue weighted by molar-refractivity contribution is 5.82. The van der Waals surface area contributed by atoms with Crippen molar-refractivity contribution in [3.05, 3.63) is 23.7 Å². The van der Waals surface area contributed by atoms with Crippen LogP contribution in [0.2, 0.25) is 0 Å². The summed E-state index contributed by atoms with van der Waals surface area (Å²) in [5.41, 5.74) is 0. The topological polar surface area (TPSA) is 58.0 Å². The summed E-state index contributed by atoms with van der Waals surface area (Å²) >= 11 is 0. The van der Waals surface area contributed by atoms with Gasteiger partial charge in [0.05, 0.1) is 19.8 Å². The van der Waals surface area contributed by atoms with Crippen molar-refractivity contribution >= 4 is 5.91 Å². The van der Waals surface area contributed by atoms with Crippen molar-refractivity contribution < 1.29 is 13.9 Å². The second kappa shape index (κ2) is 7.59. The van der Waals surface area contributed by atoms with Crippen molar-refractivity contribution in [1.82, 2.24) is 15.1 Å². The van der Waals surface area contributed by atoms with Crippen LogP contribution in [0.25, 0.3) is 0 Å². The highest BCUT2D eigenvalue weighted by Gasteiger charge is 2.26. The fourth-order valence-electron chi connectivity index (χ4n) is 2.29. The zero-order chi connectivity index (χ0) is 15.2. The van der Waals surface area contributed by atoms with Crippen molar-refractivity contribution in [3.63, 3.8) is 0 Å². The highest BCUT2D eigenvalue weighted by atomic mass is 16.5. The molecule has 0 spiro atoms. The molecule has 1 aliphatic heterocycles. The molecule has 1 unspecified atom stereocenters. The third-order valence-corrected chi connectivity index (χ3v) is 3.49. The summed E-state index contributed by atoms with van der Waals surface area (Å²) in [7, 11) is 4.00. The second-order valence-corrected chi connectivity index (χ2v) is 5.66. The summed E-state index contributed by atoms with van der Waals surface area (Å²) in [6, 6.07) is 3.60. The Hall–Kier alpha value is -1.37. The molecule has 1 aromatic heterocycles. The predicted octanol–water partition coefficient (Wildman–Crippen LogP) is 0.467. The van der Waals surface area contributed by atoms with E-state index in [-0.39, 0.29) is 11.9 Å². The number of aryl methyl sites for hydroxylation is 1. The third-order valence-electron chi connectivity index (χ3n) is 3.49. The van der Waals surface area contributed by atoms with Crippen molar-refractivity contribution in [2.24, 2.45) is 0 Å². The molecule has 1 saturated heterocycles. The third kappa shape index (κ3) is 4.84. The van der Waals surface area contributed by atoms with Gasteiger partial charge in [0.25, 0.3) is 0 Å². The lowest BCUT2D eigenvalue weighted by molar-refractivity contribution is -0.137. The van der Waals surface area contributed by atoms with Gasteiger partial charge in [-0.25, -0.2) is 0 Å². The summed E-state index contributed by atoms with van der Waals surface area (Å²) in [5.74, 6) is 1.76. The Balaban J connectivity index is 2.01. The van der Waals surface area contributed by atoms with Crippen molar-refractivity contribution in [1.29, 1.82) is 0 Å². The van der Waals surface area contributed by atoms with E-state index in [0.29, 0.717) is 26.3 Å². The van der Waals surface area contributed by atoms with Crippen molar-refractivity contribution in [2.75, 3.05) is 46.9 Å². The number of rotatable bonds is 6. The van der Waals surface area contributed by atoms with Gasteiger partial charge in [-0.3, -0.25) is 4.79 Å². The SMILES string of the molecule is Cc1ccc(CN(CCN(C)C)C(=O)C2COCCN2)o1. The lowest BCUT2D eigenvalue weighted by Gasteiger charge is -2.30. The first-order valence-electron chi connectivity index (χ1n) is 7.36. The molecular formula is C15H25N3O3. The van der Waals surface area contributed by atoms with Crippen LogP contribution in [0, 0.1) is 6.92 Å². The minimum Gasteiger partial charge on any atom is -0.464 e. The molecule has 1 aromatic rings. The first-order chi connectivity index (χ1) is 10.1. The first-order valence-corrected chi connectivity index (χ1v) is 7.36. The van der Waals surface area contributed by atoms with Gasteiger partial charge >= 0.3 is 0 Å². The number of ether oxygens (including phenoxy) is 1. The molecule has 1 N–H and O–H groups in total. The molecule has 1 aliphatic rings. The van der Waals surface area contributed by atoms with Gasteiger partial charge in [-0.2, -0.15) is 0 Å². The minimum atomic E-state index is -0.253. The Morgan fingerprint density at radius 1 is 1.38 bits per heavy atom. The van der Waals surface area contributed by atoms with Gasteiger partial charge in [0, 0.05) is 19.6 Å². The lowest BCUT2D eigenvalue weighted by Crippen LogP contribution is -2.53. The molecule has 0 saturated carbocycles. The van der Waals surface area contributed by atoms with Crippen LogP contribution >= 0.6 is 0 Å². The molecule has 2 rings (SSSR count). The highest BCUT2D eigenvalue weighted by Crippen LogP contribution is 2.11. The number of nitrogens with zero attached hydrogens (tertiary/aromatic N) is 2. The summed E-state index contributed by atoms with van der Waals surface area (Å²) in [5, 5.41) is 3.22. The van der Waals surface area contributed by atoms with Crippen LogP contribution < -0.4 is 5.32 Å². The van der Waals surface area contributed by atoms with E-state index in [0.717, 1.165) is 24.6 Å². The number of amides is 1. The van der Waals surface area contributed by atoms with Gasteiger partial charge in [-0.05, 0) is 33.2 Å². The van der Waals surface area contributed by atoms with E-state index in [9.17, 15) is 4.79 Å². The number of carbonyl (C=O) groups is 1. The molecule has 0 bridgehead atoms. The lowest BCUT2D eigenvalue weighted by atomic mass is 10.2. The average molecular weight is 295 g/mol. The van der Waals surface area contributed by atoms with Gasteiger partial charge in [-0.1, -0.05) is 0 Å². The molecule has 1 fully saturated rings. The van der Waals surface area contributed by atoms with Crippen LogP contribution in [0.1, 0.15) is 11.5 Å². The largest absolute Gasteiger partial charge is 0.464 e. The number of carbonyl (C=O) groups excluding carboxylic acids is 1. The minimum absolute atomic E-state index is 0.0746. The van der Waals surface area contributed by atoms with Crippen LogP contribution in [0.3, 0.4) is 0 Å². The number of hydrogen-bond donors (Lipinski definition) is 1. The van der Waals surface area contributed by atoms with E-state index in [1.54, 1.807) is 0 Å². The molecular weight excluding hydrogens is 270 g/mol. The molecule has 0 radical (unpaired) electrons. The summed E-state index contributed by atoms with van der Waals surface area (Å²) < 4.78 is 11.0. The molecule has 6 nitrogen and oxygen atoms in total. The van der Waals surface area contributed by atoms with Crippen LogP contribution in [0.5, 0.6) is 0 Å². The van der Waals surface area contributed by atoms with Gasteiger partial charge in [0.2, 0.25) is 5.91 Å². The Bertz CT molecular complexity index is 453. The number of likely N-dealkylation sites (N-methyl/N-ethyl adjacent to an activating group) is 1. The fourth-order valence-corrected chi connectivity index (χ4v) is 2.29. The van der Waals surface area contributed by atoms with Gasteiger partial charge < -0.3 is 24.3 Å². The maximum Gasteiger partial charge on any atom is 0.242 e. The maximum absolute atomic E-state index is 12.6. The van der Waals surface area contributed by atoms with E-state index in [1.807, 2.05) is 38.1 Å². The summed E-state index contributed by atoms with van der Waals surface area (Å²) in [4.78, 5) is 16.6. The van der Waals surface area contributed by atoms with Crippen molar-refractivity contribution in [2.45, 2.75) is 19.5 Å². The Labute approximate surface area is 126 Å². The van der Waals surface area contributed by atoms with E-state index in [2.05, 4.69) is 10.2 Å². The van der Waals surface area contributed by atoms with Crippen LogP contribution in [-0.4, -0.2) is 68.7 Å². The van der Waals surface area contributed by atoms with E-state index >= 15 is 0 Å². The Morgan fingerprint density at radius 3 is 2.76 bits per heavy atom. The predicted molar refractivity (Wildman–Crippen MR) is 80.0 cm³/mol. The van der Waals surface area contributed by atoms with Gasteiger partial charge in [-0.15, -0.1) is 0 Å². The molecule has 0 aromatic carbocycles. The molecule has 21 heavy (non-hydrogen) atoms. The molecule has 2 heterocycles. The van der Waals surface area contributed by atoms with E-state index in [1.165, 1.54) is 0 Å². The first kappa shape index (κ1) is 16.0. The second-order valence-electron chi connectivity index (χ2n) is 5.66. The molecule has 1 amide bonds. The van der Waals surface area contributed by atoms with Crippen molar-refractivity contribution in [3.8, 4) is 0 Å². The number of hydrogen-bond acceptors (Lipinski definition) is 5. The monoisotopic (exact) mass is 295 g/mol. The maximum atomic E-state index is 12.6. The quantitative estimate of drug-likeness (QED) is 0.826. The zero-order valence-corrected chi connectivity index (χ0v) is 13.1. The molecule has 0 aliphatic carbocycles. The molecule has 1 atom stereocenters. The number of nitrogens with one attached hydrogen (secondary N) is 1. The fraction of sp³-hybridized carbons (Fsp3) is 0.667. The summed E-state index contributed by atoms with van der Waals surface area (Å²) in [6.45, 7) is 5.72. The Kier molecular flexibility index (Phi) is 5.78. The number of morpholine rings is 1. The van der Waals surface area contributed by atoms with E-state index < -0.39 is 0 Å². The van der Waals surface area contributed by atoms with Crippen LogP contribution in [0.4, 0.5) is 0 Å². The summed E-state index contributed by atoms with van der Waals surface area (Å²) in [6.07, 6.45) is 0. The van der Waals surface area contributed by atoms with E-state index in [4.69, 9.17) is 9.15 Å². The molecule has 118 valence electrons. The van der Waals surface area contributed by atoms with Gasteiger partial charge in [0.1, 0.15) is 17.6 Å². The number of furan rings is 1. The normalized spacial score (nSPS) is 19.0. The average Bonchev–Trinajstić information content (AvgIpc) is 2.89. The standard InChI is InChI=1S/C15H25N3O3/c1-12-4-5-13(21-12)10-18(8-7-17(2)3)15(19)14-11-20-9-6-16-14/h4-5,14,16H,6-11H2,1-3H3. The molecule has 6 heteroatoms. The zero-order valence-electron chi connectivity index (χ0n) is 13.1. The Morgan fingerprint density at radius 2 is 2.19 bits per heavy atom. The van der Waals surface area contributed by atoms with Crippen LogP contribution in [-0.2, 0) is 16.1 Å².